The molecular weight excluding hydrogens is 369 g/mol. The number of imidazole rings is 1. The van der Waals surface area contributed by atoms with Crippen LogP contribution in [0.25, 0.3) is 11.2 Å². The molecule has 4 rings (SSSR count). The molecule has 0 radical (unpaired) electrons. The highest BCUT2D eigenvalue weighted by Crippen LogP contribution is 2.60. The van der Waals surface area contributed by atoms with Crippen LogP contribution >= 0.6 is 6.72 Å². The molecule has 6 atom stereocenters. The van der Waals surface area contributed by atoms with Gasteiger partial charge in [-0.25, -0.2) is 15.0 Å². The van der Waals surface area contributed by atoms with E-state index in [1.54, 1.807) is 11.5 Å². The monoisotopic (exact) mass is 387 g/mol. The summed E-state index contributed by atoms with van der Waals surface area (Å²) >= 11 is 5.31. The average molecular weight is 387 g/mol. The molecule has 2 unspecified atom stereocenters. The Kier molecular flexibility index (Phi) is 3.89. The van der Waals surface area contributed by atoms with Gasteiger partial charge in [0.15, 0.2) is 17.7 Å². The molecule has 136 valence electrons. The first-order chi connectivity index (χ1) is 11.8. The first kappa shape index (κ1) is 17.2. The zero-order valence-electron chi connectivity index (χ0n) is 13.8. The van der Waals surface area contributed by atoms with Gasteiger partial charge in [0.25, 0.3) is 0 Å². The van der Waals surface area contributed by atoms with Gasteiger partial charge in [-0.2, -0.15) is 0 Å². The van der Waals surface area contributed by atoms with Crippen molar-refractivity contribution in [2.24, 2.45) is 0 Å². The van der Waals surface area contributed by atoms with Gasteiger partial charge in [0.1, 0.15) is 29.7 Å². The Morgan fingerprint density at radius 2 is 2.16 bits per heavy atom. The van der Waals surface area contributed by atoms with Gasteiger partial charge in [-0.15, -0.1) is 0 Å². The fraction of sp³-hybridized carbons (Fsp3) is 0.615. The minimum atomic E-state index is -2.94. The van der Waals surface area contributed by atoms with Crippen molar-refractivity contribution in [3.8, 4) is 0 Å². The number of aliphatic hydroxyl groups is 1. The Hall–Kier alpha value is -1.20. The molecule has 0 bridgehead atoms. The molecule has 0 amide bonds. The van der Waals surface area contributed by atoms with Gasteiger partial charge >= 0.3 is 6.72 Å². The lowest BCUT2D eigenvalue weighted by Gasteiger charge is -2.39. The van der Waals surface area contributed by atoms with Crippen LogP contribution in [-0.2, 0) is 30.1 Å². The van der Waals surface area contributed by atoms with Gasteiger partial charge in [0, 0.05) is 7.11 Å². The number of nitrogen functional groups attached to an aromatic ring is 1. The molecule has 4 heterocycles. The van der Waals surface area contributed by atoms with Crippen molar-refractivity contribution in [2.45, 2.75) is 44.0 Å². The average Bonchev–Trinajstić information content (AvgIpc) is 3.08. The highest BCUT2D eigenvalue weighted by molar-refractivity contribution is 8.07. The van der Waals surface area contributed by atoms with Crippen LogP contribution in [0, 0.1) is 0 Å². The number of ether oxygens (including phenoxy) is 1. The van der Waals surface area contributed by atoms with E-state index in [0.29, 0.717) is 11.2 Å². The maximum absolute atomic E-state index is 11.2. The fourth-order valence-corrected chi connectivity index (χ4v) is 5.30. The van der Waals surface area contributed by atoms with Crippen molar-refractivity contribution in [3.05, 3.63) is 12.7 Å². The van der Waals surface area contributed by atoms with Crippen LogP contribution in [-0.4, -0.2) is 55.6 Å². The van der Waals surface area contributed by atoms with Crippen LogP contribution in [0.1, 0.15) is 20.1 Å². The summed E-state index contributed by atoms with van der Waals surface area (Å²) in [4.78, 5) is 12.3. The van der Waals surface area contributed by atoms with Crippen molar-refractivity contribution in [2.75, 3.05) is 12.8 Å². The van der Waals surface area contributed by atoms with Gasteiger partial charge in [-0.3, -0.25) is 9.09 Å². The van der Waals surface area contributed by atoms with Gasteiger partial charge in [-0.1, -0.05) is 0 Å². The summed E-state index contributed by atoms with van der Waals surface area (Å²) in [7, 11) is 1.43. The first-order valence-electron chi connectivity index (χ1n) is 7.60. The summed E-state index contributed by atoms with van der Waals surface area (Å²) in [6, 6.07) is 0. The molecule has 2 aliphatic rings. The van der Waals surface area contributed by atoms with Gasteiger partial charge in [-0.05, 0) is 25.7 Å². The van der Waals surface area contributed by atoms with Crippen molar-refractivity contribution >= 4 is 35.5 Å². The maximum atomic E-state index is 11.2. The third-order valence-electron chi connectivity index (χ3n) is 4.52. The molecule has 0 aromatic carbocycles. The number of hydrogen-bond donors (Lipinski definition) is 2. The van der Waals surface area contributed by atoms with E-state index in [1.807, 2.05) is 6.92 Å². The van der Waals surface area contributed by atoms with Crippen LogP contribution < -0.4 is 5.73 Å². The van der Waals surface area contributed by atoms with Crippen molar-refractivity contribution < 1.29 is 23.4 Å². The van der Waals surface area contributed by atoms with E-state index < -0.39 is 36.9 Å². The zero-order valence-corrected chi connectivity index (χ0v) is 15.5. The van der Waals surface area contributed by atoms with Crippen molar-refractivity contribution in [3.63, 3.8) is 0 Å². The lowest BCUT2D eigenvalue weighted by atomic mass is 9.94. The summed E-state index contributed by atoms with van der Waals surface area (Å²) in [6.45, 7) is 0.491. The summed E-state index contributed by atoms with van der Waals surface area (Å²) in [5.74, 6) is 0.252. The lowest BCUT2D eigenvalue weighted by Crippen LogP contribution is -2.50. The Labute approximate surface area is 148 Å². The smallest absolute Gasteiger partial charge is 0.327 e. The zero-order chi connectivity index (χ0) is 18.0. The minimum Gasteiger partial charge on any atom is -0.383 e. The van der Waals surface area contributed by atoms with E-state index in [2.05, 4.69) is 15.0 Å². The van der Waals surface area contributed by atoms with E-state index in [0.717, 1.165) is 0 Å². The molecular formula is C13H18N5O5PS. The van der Waals surface area contributed by atoms with Crippen LogP contribution in [0.3, 0.4) is 0 Å². The maximum Gasteiger partial charge on any atom is 0.327 e. The fourth-order valence-electron chi connectivity index (χ4n) is 3.26. The molecule has 0 spiro atoms. The third-order valence-corrected chi connectivity index (χ3v) is 7.01. The van der Waals surface area contributed by atoms with Crippen molar-refractivity contribution in [1.29, 1.82) is 0 Å². The van der Waals surface area contributed by atoms with Crippen LogP contribution in [0.15, 0.2) is 12.7 Å². The Morgan fingerprint density at radius 1 is 1.40 bits per heavy atom. The molecule has 2 saturated heterocycles. The number of nitrogens with two attached hydrogens (primary N) is 1. The molecule has 0 saturated carbocycles. The molecule has 2 aliphatic heterocycles. The van der Waals surface area contributed by atoms with E-state index in [-0.39, 0.29) is 5.82 Å². The second kappa shape index (κ2) is 5.65. The van der Waals surface area contributed by atoms with Crippen LogP contribution in [0.2, 0.25) is 0 Å². The molecule has 2 fully saturated rings. The summed E-state index contributed by atoms with van der Waals surface area (Å²) in [5.41, 5.74) is 5.30. The Balaban J connectivity index is 1.77. The second-order valence-corrected chi connectivity index (χ2v) is 9.25. The molecule has 0 aliphatic carbocycles. The van der Waals surface area contributed by atoms with E-state index in [9.17, 15) is 5.11 Å². The summed E-state index contributed by atoms with van der Waals surface area (Å²) in [6.07, 6.45) is 0.372. The number of hydrogen-bond acceptors (Lipinski definition) is 10. The summed E-state index contributed by atoms with van der Waals surface area (Å²) in [5, 5.41) is 11.2. The highest BCUT2D eigenvalue weighted by atomic mass is 32.5. The molecule has 3 N–H and O–H groups in total. The number of aromatic nitrogens is 4. The molecule has 12 heteroatoms. The Bertz CT molecular complexity index is 876. The SMILES string of the molecule is COP1(=S)OC(C)[C@H]2O[C@@H](n3cnc4c(N)ncnc43)[C@](C)(O)[C@@H]2O1. The van der Waals surface area contributed by atoms with Gasteiger partial charge in [0.05, 0.1) is 12.4 Å². The van der Waals surface area contributed by atoms with E-state index in [4.69, 9.17) is 35.8 Å². The van der Waals surface area contributed by atoms with E-state index >= 15 is 0 Å². The standard InChI is InChI=1S/C13H18N5O5PS/c1-6-8-9(23-24(25,20-3)22-6)13(2,19)12(21-8)18-5-17-7-10(14)15-4-16-11(7)18/h4-6,8-9,12,19H,1-3H3,(H2,14,15,16)/t6?,8-,9-,12-,13-,24?/m1/s1. The molecule has 10 nitrogen and oxygen atoms in total. The normalized spacial score (nSPS) is 41.1. The first-order valence-corrected chi connectivity index (χ1v) is 10.2. The van der Waals surface area contributed by atoms with Gasteiger partial charge in [0.2, 0.25) is 0 Å². The number of anilines is 1. The molecule has 2 aromatic rings. The van der Waals surface area contributed by atoms with Gasteiger partial charge < -0.3 is 24.6 Å². The lowest BCUT2D eigenvalue weighted by molar-refractivity contribution is -0.0936. The number of rotatable bonds is 2. The number of fused-ring (bicyclic) bond motifs is 2. The predicted molar refractivity (Wildman–Crippen MR) is 91.0 cm³/mol. The largest absolute Gasteiger partial charge is 0.383 e. The van der Waals surface area contributed by atoms with Crippen LogP contribution in [0.4, 0.5) is 5.82 Å². The minimum absolute atomic E-state index is 0.252. The molecule has 25 heavy (non-hydrogen) atoms. The quantitative estimate of drug-likeness (QED) is 0.712. The predicted octanol–water partition coefficient (Wildman–Crippen LogP) is 0.732. The van der Waals surface area contributed by atoms with Crippen molar-refractivity contribution in [1.82, 2.24) is 19.5 Å². The number of nitrogens with zero attached hydrogens (tertiary/aromatic N) is 4. The highest BCUT2D eigenvalue weighted by Gasteiger charge is 2.61. The van der Waals surface area contributed by atoms with Crippen LogP contribution in [0.5, 0.6) is 0 Å². The second-order valence-electron chi connectivity index (χ2n) is 6.23. The molecule has 2 aromatic heterocycles. The topological polar surface area (TPSA) is 127 Å². The summed E-state index contributed by atoms with van der Waals surface area (Å²) < 4.78 is 24.4. The Morgan fingerprint density at radius 3 is 2.88 bits per heavy atom. The van der Waals surface area contributed by atoms with E-state index in [1.165, 1.54) is 19.8 Å². The third kappa shape index (κ3) is 2.50.